The predicted molar refractivity (Wildman–Crippen MR) is 134 cm³/mol. The minimum absolute atomic E-state index is 0.121. The van der Waals surface area contributed by atoms with Crippen LogP contribution in [0.1, 0.15) is 20.8 Å². The molecule has 0 saturated carbocycles. The highest BCUT2D eigenvalue weighted by Gasteiger charge is 2.50. The summed E-state index contributed by atoms with van der Waals surface area (Å²) in [4.78, 5) is 14.1. The molecule has 1 heterocycles. The van der Waals surface area contributed by atoms with Crippen LogP contribution in [0.25, 0.3) is 0 Å². The summed E-state index contributed by atoms with van der Waals surface area (Å²) in [6.45, 7) is 7.06. The minimum atomic E-state index is -2.66. The molecule has 32 heavy (non-hydrogen) atoms. The van der Waals surface area contributed by atoms with Crippen LogP contribution in [-0.2, 0) is 14.0 Å². The molecule has 0 aliphatic carbocycles. The summed E-state index contributed by atoms with van der Waals surface area (Å²) >= 11 is 1.44. The van der Waals surface area contributed by atoms with E-state index in [9.17, 15) is 4.79 Å². The minimum Gasteiger partial charge on any atom is -0.452 e. The first-order chi connectivity index (χ1) is 15.4. The van der Waals surface area contributed by atoms with E-state index in [2.05, 4.69) is 69.3 Å². The van der Waals surface area contributed by atoms with E-state index in [4.69, 9.17) is 9.16 Å². The fraction of sp³-hybridized carbons (Fsp3) is 0.222. The molecule has 4 rings (SSSR count). The highest BCUT2D eigenvalue weighted by molar-refractivity contribution is 8.04. The maximum Gasteiger partial charge on any atom is 0.345 e. The Morgan fingerprint density at radius 1 is 0.844 bits per heavy atom. The summed E-state index contributed by atoms with van der Waals surface area (Å²) in [5.41, 5.74) is 0. The number of thioether (sulfide) groups is 1. The van der Waals surface area contributed by atoms with Gasteiger partial charge in [0.05, 0.1) is 11.5 Å². The summed E-state index contributed by atoms with van der Waals surface area (Å²) in [7, 11) is -2.66. The van der Waals surface area contributed by atoms with Gasteiger partial charge < -0.3 is 9.16 Å². The zero-order valence-electron chi connectivity index (χ0n) is 18.7. The second-order valence-corrected chi connectivity index (χ2v) is 14.3. The van der Waals surface area contributed by atoms with Crippen LogP contribution in [0.2, 0.25) is 5.04 Å². The van der Waals surface area contributed by atoms with Crippen LogP contribution in [0.15, 0.2) is 107 Å². The van der Waals surface area contributed by atoms with E-state index >= 15 is 0 Å². The van der Waals surface area contributed by atoms with Gasteiger partial charge >= 0.3 is 5.97 Å². The number of carbonyl (C=O) groups excluding carboxylic acids is 1. The third-order valence-corrected chi connectivity index (χ3v) is 11.7. The van der Waals surface area contributed by atoms with E-state index in [0.29, 0.717) is 11.5 Å². The van der Waals surface area contributed by atoms with Gasteiger partial charge in [0.2, 0.25) is 0 Å². The van der Waals surface area contributed by atoms with Gasteiger partial charge in [0, 0.05) is 4.90 Å². The Kier molecular flexibility index (Phi) is 6.70. The molecular formula is C27H28O3SSi. The molecule has 3 aromatic carbocycles. The molecule has 0 aromatic heterocycles. The monoisotopic (exact) mass is 460 g/mol. The Bertz CT molecular complexity index is 1040. The number of ether oxygens (including phenoxy) is 1. The van der Waals surface area contributed by atoms with Gasteiger partial charge in [-0.3, -0.25) is 0 Å². The highest BCUT2D eigenvalue weighted by atomic mass is 32.2. The molecule has 1 aliphatic heterocycles. The SMILES string of the molecule is CC(C)(C)[Si](OC[C@@H]1C=C(Sc2ccccc2)C(=O)O1)(c1ccccc1)c1ccccc1. The molecule has 0 bridgehead atoms. The average molecular weight is 461 g/mol. The Balaban J connectivity index is 1.63. The van der Waals surface area contributed by atoms with Gasteiger partial charge in [-0.25, -0.2) is 4.79 Å². The van der Waals surface area contributed by atoms with E-state index in [1.54, 1.807) is 0 Å². The maximum atomic E-state index is 12.5. The van der Waals surface area contributed by atoms with Crippen molar-refractivity contribution >= 4 is 36.4 Å². The fourth-order valence-electron chi connectivity index (χ4n) is 4.21. The van der Waals surface area contributed by atoms with E-state index in [1.165, 1.54) is 22.1 Å². The maximum absolute atomic E-state index is 12.5. The Morgan fingerprint density at radius 2 is 1.34 bits per heavy atom. The quantitative estimate of drug-likeness (QED) is 0.360. The summed E-state index contributed by atoms with van der Waals surface area (Å²) in [6, 6.07) is 30.9. The molecule has 0 radical (unpaired) electrons. The summed E-state index contributed by atoms with van der Waals surface area (Å²) < 4.78 is 12.6. The summed E-state index contributed by atoms with van der Waals surface area (Å²) in [5, 5.41) is 2.31. The number of benzene rings is 3. The largest absolute Gasteiger partial charge is 0.452 e. The molecule has 1 atom stereocenters. The topological polar surface area (TPSA) is 35.5 Å². The van der Waals surface area contributed by atoms with E-state index in [0.717, 1.165) is 4.90 Å². The first-order valence-corrected chi connectivity index (χ1v) is 13.5. The second-order valence-electron chi connectivity index (χ2n) is 8.86. The number of esters is 1. The van der Waals surface area contributed by atoms with Gasteiger partial charge in [0.1, 0.15) is 6.10 Å². The predicted octanol–water partition coefficient (Wildman–Crippen LogP) is 5.16. The summed E-state index contributed by atoms with van der Waals surface area (Å²) in [5.74, 6) is -0.282. The van der Waals surface area contributed by atoms with E-state index in [-0.39, 0.29) is 11.0 Å². The van der Waals surface area contributed by atoms with Crippen molar-refractivity contribution in [1.82, 2.24) is 0 Å². The first kappa shape index (κ1) is 22.6. The molecule has 0 amide bonds. The molecule has 0 saturated heterocycles. The highest BCUT2D eigenvalue weighted by Crippen LogP contribution is 2.38. The number of hydrogen-bond donors (Lipinski definition) is 0. The number of hydrogen-bond acceptors (Lipinski definition) is 4. The van der Waals surface area contributed by atoms with Crippen molar-refractivity contribution in [3.8, 4) is 0 Å². The van der Waals surface area contributed by atoms with Crippen LogP contribution < -0.4 is 10.4 Å². The van der Waals surface area contributed by atoms with Gasteiger partial charge in [-0.15, -0.1) is 0 Å². The Labute approximate surface area is 195 Å². The molecule has 1 aliphatic rings. The zero-order valence-corrected chi connectivity index (χ0v) is 20.5. The zero-order chi connectivity index (χ0) is 22.6. The lowest BCUT2D eigenvalue weighted by atomic mass is 10.2. The number of cyclic esters (lactones) is 1. The Hall–Kier alpha value is -2.60. The second kappa shape index (κ2) is 9.49. The van der Waals surface area contributed by atoms with Crippen LogP contribution in [0.4, 0.5) is 0 Å². The first-order valence-electron chi connectivity index (χ1n) is 10.8. The molecule has 0 spiro atoms. The molecule has 3 aromatic rings. The van der Waals surface area contributed by atoms with Gasteiger partial charge in [-0.2, -0.15) is 0 Å². The number of carbonyl (C=O) groups is 1. The van der Waals surface area contributed by atoms with Gasteiger partial charge in [-0.05, 0) is 33.6 Å². The van der Waals surface area contributed by atoms with Crippen molar-refractivity contribution in [3.05, 3.63) is 102 Å². The third kappa shape index (κ3) is 4.60. The smallest absolute Gasteiger partial charge is 0.345 e. The van der Waals surface area contributed by atoms with Crippen LogP contribution in [0.5, 0.6) is 0 Å². The van der Waals surface area contributed by atoms with Crippen LogP contribution in [0, 0.1) is 0 Å². The van der Waals surface area contributed by atoms with E-state index < -0.39 is 14.4 Å². The van der Waals surface area contributed by atoms with E-state index in [1.807, 2.05) is 48.5 Å². The number of rotatable bonds is 7. The van der Waals surface area contributed by atoms with Gasteiger partial charge in [0.15, 0.2) is 0 Å². The molecule has 3 nitrogen and oxygen atoms in total. The molecule has 164 valence electrons. The Morgan fingerprint density at radius 3 is 1.84 bits per heavy atom. The lowest BCUT2D eigenvalue weighted by Crippen LogP contribution is -2.67. The normalized spacial score (nSPS) is 16.5. The van der Waals surface area contributed by atoms with Crippen LogP contribution in [0.3, 0.4) is 0 Å². The molecule has 0 fully saturated rings. The standard InChI is InChI=1S/C27H28O3SSi/c1-27(2,3)32(23-15-9-5-10-16-23,24-17-11-6-12-18-24)29-20-21-19-25(26(28)30-21)31-22-13-7-4-8-14-22/h4-19,21H,20H2,1-3H3/t21-/m0/s1. The fourth-order valence-corrected chi connectivity index (χ4v) is 9.68. The van der Waals surface area contributed by atoms with Crippen molar-refractivity contribution in [1.29, 1.82) is 0 Å². The third-order valence-electron chi connectivity index (χ3n) is 5.65. The van der Waals surface area contributed by atoms with Crippen molar-refractivity contribution in [2.45, 2.75) is 36.8 Å². The van der Waals surface area contributed by atoms with Crippen LogP contribution in [-0.4, -0.2) is 27.0 Å². The molecule has 0 unspecified atom stereocenters. The van der Waals surface area contributed by atoms with Gasteiger partial charge in [0.25, 0.3) is 8.32 Å². The van der Waals surface area contributed by atoms with Crippen molar-refractivity contribution in [3.63, 3.8) is 0 Å². The lowest BCUT2D eigenvalue weighted by Gasteiger charge is -2.43. The van der Waals surface area contributed by atoms with Crippen molar-refractivity contribution < 1.29 is 14.0 Å². The van der Waals surface area contributed by atoms with Crippen molar-refractivity contribution in [2.75, 3.05) is 6.61 Å². The molecule has 0 N–H and O–H groups in total. The lowest BCUT2D eigenvalue weighted by molar-refractivity contribution is -0.140. The summed E-state index contributed by atoms with van der Waals surface area (Å²) in [6.07, 6.45) is 1.51. The molecule has 5 heteroatoms. The van der Waals surface area contributed by atoms with Crippen molar-refractivity contribution in [2.24, 2.45) is 0 Å². The average Bonchev–Trinajstić information content (AvgIpc) is 3.14. The molecular weight excluding hydrogens is 432 g/mol. The van der Waals surface area contributed by atoms with Crippen LogP contribution >= 0.6 is 11.8 Å². The van der Waals surface area contributed by atoms with Gasteiger partial charge in [-0.1, -0.05) is 111 Å².